The fourth-order valence-corrected chi connectivity index (χ4v) is 2.54. The summed E-state index contributed by atoms with van der Waals surface area (Å²) in [6, 6.07) is 5.36. The minimum atomic E-state index is -0.856. The van der Waals surface area contributed by atoms with Gasteiger partial charge in [0, 0.05) is 13.1 Å². The van der Waals surface area contributed by atoms with Crippen LogP contribution in [0.15, 0.2) is 24.3 Å². The molecule has 1 aromatic heterocycles. The van der Waals surface area contributed by atoms with Crippen molar-refractivity contribution in [1.29, 1.82) is 0 Å². The van der Waals surface area contributed by atoms with Crippen LogP contribution in [0.5, 0.6) is 0 Å². The summed E-state index contributed by atoms with van der Waals surface area (Å²) in [5.41, 5.74) is 0.168. The maximum absolute atomic E-state index is 11.8. The number of allylic oxidation sites excluding steroid dienone is 1. The van der Waals surface area contributed by atoms with Gasteiger partial charge in [0.05, 0.1) is 5.69 Å². The number of anilines is 1. The Kier molecular flexibility index (Phi) is 6.01. The number of ether oxygens (including phenoxy) is 1. The van der Waals surface area contributed by atoms with E-state index in [0.717, 1.165) is 18.5 Å². The summed E-state index contributed by atoms with van der Waals surface area (Å²) < 4.78 is 5.21. The predicted molar refractivity (Wildman–Crippen MR) is 95.4 cm³/mol. The van der Waals surface area contributed by atoms with E-state index in [9.17, 15) is 9.59 Å². The number of aromatic nitrogens is 1. The van der Waals surface area contributed by atoms with Crippen molar-refractivity contribution in [3.05, 3.63) is 30.0 Å². The van der Waals surface area contributed by atoms with E-state index in [2.05, 4.69) is 16.4 Å². The molecular formula is C18H25N3O4. The van der Waals surface area contributed by atoms with Gasteiger partial charge in [-0.2, -0.15) is 0 Å². The second-order valence-corrected chi connectivity index (χ2v) is 7.04. The number of carbonyl (C=O) groups excluding carboxylic acids is 1. The molecule has 25 heavy (non-hydrogen) atoms. The number of hydrogen-bond acceptors (Lipinski definition) is 4. The average molecular weight is 347 g/mol. The molecule has 7 heteroatoms. The zero-order chi connectivity index (χ0) is 18.4. The van der Waals surface area contributed by atoms with Crippen molar-refractivity contribution in [1.82, 2.24) is 9.88 Å². The second-order valence-electron chi connectivity index (χ2n) is 7.04. The lowest BCUT2D eigenvalue weighted by Gasteiger charge is -2.28. The Morgan fingerprint density at radius 3 is 2.60 bits per heavy atom. The molecular weight excluding hydrogens is 322 g/mol. The molecule has 2 rings (SSSR count). The number of piperidine rings is 1. The SMILES string of the molecule is CC(C)(C)OC(=O)Nc1cccc(/C=C/C2CCN(C(=O)O)CC2)n1. The minimum absolute atomic E-state index is 0.333. The quantitative estimate of drug-likeness (QED) is 0.867. The molecule has 7 nitrogen and oxygen atoms in total. The molecule has 0 atom stereocenters. The van der Waals surface area contributed by atoms with Crippen LogP contribution in [0, 0.1) is 5.92 Å². The Bertz CT molecular complexity index is 644. The van der Waals surface area contributed by atoms with Crippen molar-refractivity contribution >= 4 is 24.1 Å². The van der Waals surface area contributed by atoms with E-state index in [4.69, 9.17) is 9.84 Å². The van der Waals surface area contributed by atoms with E-state index in [0.29, 0.717) is 24.8 Å². The van der Waals surface area contributed by atoms with Crippen molar-refractivity contribution in [3.63, 3.8) is 0 Å². The fourth-order valence-electron chi connectivity index (χ4n) is 2.54. The molecule has 0 radical (unpaired) electrons. The summed E-state index contributed by atoms with van der Waals surface area (Å²) in [5, 5.41) is 11.6. The lowest BCUT2D eigenvalue weighted by molar-refractivity contribution is 0.0635. The molecule has 1 aromatic rings. The van der Waals surface area contributed by atoms with E-state index >= 15 is 0 Å². The Morgan fingerprint density at radius 1 is 1.32 bits per heavy atom. The first kappa shape index (κ1) is 18.8. The number of carbonyl (C=O) groups is 2. The molecule has 0 aliphatic carbocycles. The summed E-state index contributed by atoms with van der Waals surface area (Å²) in [6.45, 7) is 6.51. The van der Waals surface area contributed by atoms with Gasteiger partial charge >= 0.3 is 12.2 Å². The monoisotopic (exact) mass is 347 g/mol. The Balaban J connectivity index is 1.91. The summed E-state index contributed by atoms with van der Waals surface area (Å²) in [6.07, 6.45) is 4.17. The Labute approximate surface area is 147 Å². The number of rotatable bonds is 3. The highest BCUT2D eigenvalue weighted by Crippen LogP contribution is 2.20. The highest BCUT2D eigenvalue weighted by atomic mass is 16.6. The second kappa shape index (κ2) is 8.00. The normalized spacial score (nSPS) is 16.0. The standard InChI is InChI=1S/C18H25N3O4/c1-18(2,3)25-16(22)20-15-6-4-5-14(19-15)8-7-13-9-11-21(12-10-13)17(23)24/h4-8,13H,9-12H2,1-3H3,(H,23,24)(H,19,20,22)/b8-7+. The molecule has 0 aromatic carbocycles. The maximum atomic E-state index is 11.8. The highest BCUT2D eigenvalue weighted by Gasteiger charge is 2.20. The first-order valence-electron chi connectivity index (χ1n) is 8.36. The Hall–Kier alpha value is -2.57. The number of nitrogens with zero attached hydrogens (tertiary/aromatic N) is 2. The number of amides is 2. The minimum Gasteiger partial charge on any atom is -0.465 e. The smallest absolute Gasteiger partial charge is 0.413 e. The molecule has 136 valence electrons. The molecule has 2 amide bonds. The third-order valence-corrected chi connectivity index (χ3v) is 3.75. The van der Waals surface area contributed by atoms with E-state index in [1.54, 1.807) is 26.8 Å². The topological polar surface area (TPSA) is 91.8 Å². The molecule has 0 saturated carbocycles. The predicted octanol–water partition coefficient (Wildman–Crippen LogP) is 3.83. The fraction of sp³-hybridized carbons (Fsp3) is 0.500. The van der Waals surface area contributed by atoms with E-state index in [1.165, 1.54) is 4.90 Å². The summed E-state index contributed by atoms with van der Waals surface area (Å²) in [5.74, 6) is 0.761. The van der Waals surface area contributed by atoms with Gasteiger partial charge < -0.3 is 14.7 Å². The van der Waals surface area contributed by atoms with E-state index in [1.807, 2.05) is 18.2 Å². The van der Waals surface area contributed by atoms with Crippen LogP contribution in [0.2, 0.25) is 0 Å². The zero-order valence-electron chi connectivity index (χ0n) is 14.9. The van der Waals surface area contributed by atoms with Gasteiger partial charge in [-0.15, -0.1) is 0 Å². The van der Waals surface area contributed by atoms with Gasteiger partial charge in [-0.05, 0) is 57.7 Å². The summed E-state index contributed by atoms with van der Waals surface area (Å²) >= 11 is 0. The molecule has 2 N–H and O–H groups in total. The van der Waals surface area contributed by atoms with Crippen molar-refractivity contribution in [2.45, 2.75) is 39.2 Å². The third-order valence-electron chi connectivity index (χ3n) is 3.75. The van der Waals surface area contributed by atoms with Crippen LogP contribution in [0.4, 0.5) is 15.4 Å². The van der Waals surface area contributed by atoms with Crippen molar-refractivity contribution in [2.75, 3.05) is 18.4 Å². The Morgan fingerprint density at radius 2 is 2.00 bits per heavy atom. The van der Waals surface area contributed by atoms with E-state index in [-0.39, 0.29) is 0 Å². The van der Waals surface area contributed by atoms with Gasteiger partial charge in [-0.3, -0.25) is 5.32 Å². The van der Waals surface area contributed by atoms with Gasteiger partial charge in [0.25, 0.3) is 0 Å². The zero-order valence-corrected chi connectivity index (χ0v) is 14.9. The van der Waals surface area contributed by atoms with Crippen LogP contribution in [0.25, 0.3) is 6.08 Å². The molecule has 0 bridgehead atoms. The van der Waals surface area contributed by atoms with Gasteiger partial charge in [0.1, 0.15) is 11.4 Å². The van der Waals surface area contributed by atoms with E-state index < -0.39 is 17.8 Å². The van der Waals surface area contributed by atoms with Crippen LogP contribution in [0.3, 0.4) is 0 Å². The van der Waals surface area contributed by atoms with Crippen molar-refractivity contribution < 1.29 is 19.4 Å². The lowest BCUT2D eigenvalue weighted by atomic mass is 9.96. The molecule has 1 aliphatic rings. The summed E-state index contributed by atoms with van der Waals surface area (Å²) in [4.78, 5) is 28.5. The maximum Gasteiger partial charge on any atom is 0.413 e. The highest BCUT2D eigenvalue weighted by molar-refractivity contribution is 5.83. The number of hydrogen-bond donors (Lipinski definition) is 2. The summed E-state index contributed by atoms with van der Waals surface area (Å²) in [7, 11) is 0. The molecule has 1 saturated heterocycles. The van der Waals surface area contributed by atoms with Crippen LogP contribution in [0.1, 0.15) is 39.3 Å². The average Bonchev–Trinajstić information content (AvgIpc) is 2.52. The lowest BCUT2D eigenvalue weighted by Crippen LogP contribution is -2.36. The number of nitrogens with one attached hydrogen (secondary N) is 1. The molecule has 1 fully saturated rings. The van der Waals surface area contributed by atoms with Gasteiger partial charge in [0.2, 0.25) is 0 Å². The van der Waals surface area contributed by atoms with Gasteiger partial charge in [0.15, 0.2) is 0 Å². The molecule has 0 unspecified atom stereocenters. The van der Waals surface area contributed by atoms with Gasteiger partial charge in [-0.25, -0.2) is 14.6 Å². The van der Waals surface area contributed by atoms with Crippen LogP contribution < -0.4 is 5.32 Å². The number of carboxylic acid groups (broad SMARTS) is 1. The first-order valence-corrected chi connectivity index (χ1v) is 8.36. The number of likely N-dealkylation sites (tertiary alicyclic amines) is 1. The largest absolute Gasteiger partial charge is 0.465 e. The van der Waals surface area contributed by atoms with Crippen molar-refractivity contribution in [3.8, 4) is 0 Å². The molecule has 1 aliphatic heterocycles. The van der Waals surface area contributed by atoms with Crippen LogP contribution in [-0.2, 0) is 4.74 Å². The first-order chi connectivity index (χ1) is 11.7. The molecule has 0 spiro atoms. The van der Waals surface area contributed by atoms with Crippen LogP contribution >= 0.6 is 0 Å². The van der Waals surface area contributed by atoms with Gasteiger partial charge in [-0.1, -0.05) is 12.1 Å². The van der Waals surface area contributed by atoms with Crippen LogP contribution in [-0.4, -0.2) is 45.9 Å². The third kappa shape index (κ3) is 6.45. The molecule has 2 heterocycles. The number of pyridine rings is 1. The van der Waals surface area contributed by atoms with Crippen molar-refractivity contribution in [2.24, 2.45) is 5.92 Å².